The maximum Gasteiger partial charge on any atom is 0.0399 e. The maximum absolute atomic E-state index is 5.53. The van der Waals surface area contributed by atoms with Gasteiger partial charge in [0, 0.05) is 25.2 Å². The quantitative estimate of drug-likeness (QED) is 0.817. The molecular formula is C13H20N2. The molecular weight excluding hydrogens is 184 g/mol. The van der Waals surface area contributed by atoms with E-state index in [1.807, 2.05) is 0 Å². The van der Waals surface area contributed by atoms with E-state index in [1.54, 1.807) is 0 Å². The Morgan fingerprint density at radius 2 is 2.27 bits per heavy atom. The summed E-state index contributed by atoms with van der Waals surface area (Å²) in [6, 6.07) is 6.85. The smallest absolute Gasteiger partial charge is 0.0399 e. The summed E-state index contributed by atoms with van der Waals surface area (Å²) in [6.07, 6.45) is 2.20. The molecule has 0 saturated heterocycles. The number of nitrogens with two attached hydrogens (primary N) is 1. The predicted molar refractivity (Wildman–Crippen MR) is 65.5 cm³/mol. The minimum Gasteiger partial charge on any atom is -0.374 e. The first-order valence-corrected chi connectivity index (χ1v) is 5.76. The molecule has 1 aliphatic rings. The van der Waals surface area contributed by atoms with Crippen molar-refractivity contribution < 1.29 is 0 Å². The molecule has 1 atom stereocenters. The van der Waals surface area contributed by atoms with Crippen molar-refractivity contribution in [3.8, 4) is 0 Å². The number of benzene rings is 1. The molecule has 0 saturated carbocycles. The van der Waals surface area contributed by atoms with Crippen LogP contribution in [0.5, 0.6) is 0 Å². The Bertz CT molecular complexity index is 346. The Kier molecular flexibility index (Phi) is 2.96. The molecule has 1 aliphatic heterocycles. The van der Waals surface area contributed by atoms with E-state index in [1.165, 1.54) is 16.8 Å². The Morgan fingerprint density at radius 1 is 1.47 bits per heavy atom. The molecule has 15 heavy (non-hydrogen) atoms. The van der Waals surface area contributed by atoms with Gasteiger partial charge in [-0.1, -0.05) is 19.1 Å². The third-order valence-electron chi connectivity index (χ3n) is 3.25. The topological polar surface area (TPSA) is 29.3 Å². The third kappa shape index (κ3) is 2.00. The lowest BCUT2D eigenvalue weighted by Gasteiger charge is -2.11. The standard InChI is InChI=1S/C13H20N2/c1-10-9-15(2)13-6-5-11(4-3-7-14)8-12(10)13/h5-6,8,10H,3-4,7,9,14H2,1-2H3. The van der Waals surface area contributed by atoms with Gasteiger partial charge in [-0.15, -0.1) is 0 Å². The molecule has 0 spiro atoms. The highest BCUT2D eigenvalue weighted by Crippen LogP contribution is 2.35. The Morgan fingerprint density at radius 3 is 3.00 bits per heavy atom. The van der Waals surface area contributed by atoms with Gasteiger partial charge in [-0.05, 0) is 36.6 Å². The zero-order valence-corrected chi connectivity index (χ0v) is 9.66. The minimum absolute atomic E-state index is 0.669. The van der Waals surface area contributed by atoms with E-state index in [0.717, 1.165) is 25.9 Å². The van der Waals surface area contributed by atoms with Crippen molar-refractivity contribution in [2.75, 3.05) is 25.0 Å². The molecule has 2 rings (SSSR count). The number of hydrogen-bond acceptors (Lipinski definition) is 2. The maximum atomic E-state index is 5.53. The predicted octanol–water partition coefficient (Wildman–Crippen LogP) is 2.13. The molecule has 0 bridgehead atoms. The second-order valence-corrected chi connectivity index (χ2v) is 4.57. The first kappa shape index (κ1) is 10.5. The number of fused-ring (bicyclic) bond motifs is 1. The fraction of sp³-hybridized carbons (Fsp3) is 0.538. The van der Waals surface area contributed by atoms with E-state index in [-0.39, 0.29) is 0 Å². The van der Waals surface area contributed by atoms with Crippen LogP contribution < -0.4 is 10.6 Å². The normalized spacial score (nSPS) is 19.4. The number of anilines is 1. The average Bonchev–Trinajstić information content (AvgIpc) is 2.52. The highest BCUT2D eigenvalue weighted by molar-refractivity contribution is 5.60. The van der Waals surface area contributed by atoms with E-state index < -0.39 is 0 Å². The van der Waals surface area contributed by atoms with Crippen LogP contribution in [-0.4, -0.2) is 20.1 Å². The first-order chi connectivity index (χ1) is 7.22. The summed E-state index contributed by atoms with van der Waals surface area (Å²) >= 11 is 0. The second-order valence-electron chi connectivity index (χ2n) is 4.57. The summed E-state index contributed by atoms with van der Waals surface area (Å²) < 4.78 is 0. The molecule has 1 aromatic carbocycles. The minimum atomic E-state index is 0.669. The van der Waals surface area contributed by atoms with Crippen LogP contribution in [0, 0.1) is 0 Å². The van der Waals surface area contributed by atoms with Gasteiger partial charge in [0.05, 0.1) is 0 Å². The molecule has 2 N–H and O–H groups in total. The highest BCUT2D eigenvalue weighted by Gasteiger charge is 2.22. The van der Waals surface area contributed by atoms with E-state index in [4.69, 9.17) is 5.73 Å². The van der Waals surface area contributed by atoms with Crippen LogP contribution in [0.4, 0.5) is 5.69 Å². The lowest BCUT2D eigenvalue weighted by Crippen LogP contribution is -2.13. The fourth-order valence-electron chi connectivity index (χ4n) is 2.42. The van der Waals surface area contributed by atoms with Crippen LogP contribution >= 0.6 is 0 Å². The van der Waals surface area contributed by atoms with Gasteiger partial charge >= 0.3 is 0 Å². The van der Waals surface area contributed by atoms with Crippen molar-refractivity contribution in [3.05, 3.63) is 29.3 Å². The summed E-state index contributed by atoms with van der Waals surface area (Å²) in [5.41, 5.74) is 9.87. The summed E-state index contributed by atoms with van der Waals surface area (Å²) in [6.45, 7) is 4.23. The summed E-state index contributed by atoms with van der Waals surface area (Å²) in [5.74, 6) is 0.669. The van der Waals surface area contributed by atoms with Crippen LogP contribution in [0.2, 0.25) is 0 Å². The highest BCUT2D eigenvalue weighted by atomic mass is 15.1. The van der Waals surface area contributed by atoms with Crippen molar-refractivity contribution in [1.82, 2.24) is 0 Å². The Hall–Kier alpha value is -1.02. The molecule has 0 aliphatic carbocycles. The summed E-state index contributed by atoms with van der Waals surface area (Å²) in [4.78, 5) is 2.34. The van der Waals surface area contributed by atoms with Crippen molar-refractivity contribution in [3.63, 3.8) is 0 Å². The largest absolute Gasteiger partial charge is 0.374 e. The van der Waals surface area contributed by atoms with Gasteiger partial charge < -0.3 is 10.6 Å². The van der Waals surface area contributed by atoms with Crippen LogP contribution in [0.3, 0.4) is 0 Å². The number of aryl methyl sites for hydroxylation is 1. The van der Waals surface area contributed by atoms with Gasteiger partial charge in [-0.25, -0.2) is 0 Å². The van der Waals surface area contributed by atoms with Gasteiger partial charge in [0.2, 0.25) is 0 Å². The molecule has 0 fully saturated rings. The number of likely N-dealkylation sites (N-methyl/N-ethyl adjacent to an activating group) is 1. The summed E-state index contributed by atoms with van der Waals surface area (Å²) in [7, 11) is 2.17. The van der Waals surface area contributed by atoms with Gasteiger partial charge in [-0.2, -0.15) is 0 Å². The van der Waals surface area contributed by atoms with Crippen molar-refractivity contribution in [1.29, 1.82) is 0 Å². The zero-order chi connectivity index (χ0) is 10.8. The van der Waals surface area contributed by atoms with Crippen LogP contribution in [0.1, 0.15) is 30.4 Å². The fourth-order valence-corrected chi connectivity index (χ4v) is 2.42. The average molecular weight is 204 g/mol. The monoisotopic (exact) mass is 204 g/mol. The molecule has 2 heteroatoms. The third-order valence-corrected chi connectivity index (χ3v) is 3.25. The van der Waals surface area contributed by atoms with Crippen molar-refractivity contribution >= 4 is 5.69 Å². The van der Waals surface area contributed by atoms with E-state index in [0.29, 0.717) is 5.92 Å². The number of rotatable bonds is 3. The molecule has 1 heterocycles. The molecule has 1 aromatic rings. The summed E-state index contributed by atoms with van der Waals surface area (Å²) in [5, 5.41) is 0. The molecule has 0 amide bonds. The van der Waals surface area contributed by atoms with Crippen molar-refractivity contribution in [2.45, 2.75) is 25.7 Å². The van der Waals surface area contributed by atoms with E-state index >= 15 is 0 Å². The van der Waals surface area contributed by atoms with Gasteiger partial charge in [0.15, 0.2) is 0 Å². The SMILES string of the molecule is CC1CN(C)c2ccc(CCCN)cc21. The van der Waals surface area contributed by atoms with E-state index in [2.05, 4.69) is 37.1 Å². The number of hydrogen-bond donors (Lipinski definition) is 1. The Balaban J connectivity index is 2.22. The lowest BCUT2D eigenvalue weighted by atomic mass is 9.99. The molecule has 2 nitrogen and oxygen atoms in total. The van der Waals surface area contributed by atoms with Crippen LogP contribution in [0.15, 0.2) is 18.2 Å². The zero-order valence-electron chi connectivity index (χ0n) is 9.66. The Labute approximate surface area is 92.1 Å². The number of nitrogens with zero attached hydrogens (tertiary/aromatic N) is 1. The molecule has 82 valence electrons. The molecule has 1 unspecified atom stereocenters. The van der Waals surface area contributed by atoms with Crippen LogP contribution in [0.25, 0.3) is 0 Å². The van der Waals surface area contributed by atoms with Gasteiger partial charge in [-0.3, -0.25) is 0 Å². The van der Waals surface area contributed by atoms with Gasteiger partial charge in [0.1, 0.15) is 0 Å². The van der Waals surface area contributed by atoms with E-state index in [9.17, 15) is 0 Å². The lowest BCUT2D eigenvalue weighted by molar-refractivity contribution is 0.792. The molecule has 0 aromatic heterocycles. The second kappa shape index (κ2) is 4.23. The van der Waals surface area contributed by atoms with Crippen LogP contribution in [-0.2, 0) is 6.42 Å². The first-order valence-electron chi connectivity index (χ1n) is 5.76. The van der Waals surface area contributed by atoms with Crippen molar-refractivity contribution in [2.24, 2.45) is 5.73 Å². The van der Waals surface area contributed by atoms with Gasteiger partial charge in [0.25, 0.3) is 0 Å². The molecule has 0 radical (unpaired) electrons.